The van der Waals surface area contributed by atoms with E-state index in [9.17, 15) is 5.11 Å². The second-order valence-electron chi connectivity index (χ2n) is 7.21. The van der Waals surface area contributed by atoms with Crippen LogP contribution in [0.3, 0.4) is 0 Å². The second kappa shape index (κ2) is 7.18. The molecule has 0 radical (unpaired) electrons. The molecule has 148 valence electrons. The standard InChI is InChI=1S/C22H22N4O3/c1-22(2,27)15-8-9-19-18(11-15)24-13-26(19)16-7-5-6-14(10-16)17-12-23-21(29-4)25-20(17)28-3/h5-13,27H,1-4H3. The van der Waals surface area contributed by atoms with Crippen LogP contribution in [0.1, 0.15) is 19.4 Å². The first kappa shape index (κ1) is 18.9. The molecule has 0 saturated carbocycles. The van der Waals surface area contributed by atoms with Gasteiger partial charge in [0.1, 0.15) is 6.33 Å². The Hall–Kier alpha value is -3.45. The summed E-state index contributed by atoms with van der Waals surface area (Å²) >= 11 is 0. The first-order valence-electron chi connectivity index (χ1n) is 9.16. The van der Waals surface area contributed by atoms with Crippen molar-refractivity contribution in [2.75, 3.05) is 14.2 Å². The number of hydrogen-bond acceptors (Lipinski definition) is 6. The summed E-state index contributed by atoms with van der Waals surface area (Å²) in [6.07, 6.45) is 3.46. The Kier molecular flexibility index (Phi) is 4.68. The highest BCUT2D eigenvalue weighted by Crippen LogP contribution is 2.31. The van der Waals surface area contributed by atoms with Gasteiger partial charge in [0, 0.05) is 11.9 Å². The fraction of sp³-hybridized carbons (Fsp3) is 0.227. The van der Waals surface area contributed by atoms with Gasteiger partial charge in [-0.15, -0.1) is 0 Å². The summed E-state index contributed by atoms with van der Waals surface area (Å²) in [6, 6.07) is 14.0. The van der Waals surface area contributed by atoms with Gasteiger partial charge in [-0.05, 0) is 49.2 Å². The average Bonchev–Trinajstić information content (AvgIpc) is 3.16. The Labute approximate surface area is 168 Å². The predicted octanol–water partition coefficient (Wildman–Crippen LogP) is 3.73. The van der Waals surface area contributed by atoms with Gasteiger partial charge in [-0.3, -0.25) is 4.57 Å². The highest BCUT2D eigenvalue weighted by Gasteiger charge is 2.18. The Balaban J connectivity index is 1.79. The van der Waals surface area contributed by atoms with E-state index in [1.54, 1.807) is 33.5 Å². The maximum atomic E-state index is 10.3. The zero-order chi connectivity index (χ0) is 20.6. The molecular weight excluding hydrogens is 368 g/mol. The van der Waals surface area contributed by atoms with Crippen molar-refractivity contribution in [3.05, 3.63) is 60.6 Å². The highest BCUT2D eigenvalue weighted by molar-refractivity contribution is 5.79. The maximum Gasteiger partial charge on any atom is 0.319 e. The van der Waals surface area contributed by atoms with Gasteiger partial charge in [0.05, 0.1) is 36.4 Å². The molecule has 1 N–H and O–H groups in total. The lowest BCUT2D eigenvalue weighted by Gasteiger charge is -2.17. The molecule has 2 heterocycles. The molecule has 7 nitrogen and oxygen atoms in total. The van der Waals surface area contributed by atoms with Crippen LogP contribution >= 0.6 is 0 Å². The van der Waals surface area contributed by atoms with E-state index < -0.39 is 5.60 Å². The maximum absolute atomic E-state index is 10.3. The van der Waals surface area contributed by atoms with Crippen molar-refractivity contribution in [2.24, 2.45) is 0 Å². The third kappa shape index (κ3) is 3.52. The summed E-state index contributed by atoms with van der Waals surface area (Å²) < 4.78 is 12.5. The van der Waals surface area contributed by atoms with Crippen molar-refractivity contribution >= 4 is 11.0 Å². The number of aromatic nitrogens is 4. The van der Waals surface area contributed by atoms with Crippen LogP contribution in [0, 0.1) is 0 Å². The van der Waals surface area contributed by atoms with Gasteiger partial charge in [-0.2, -0.15) is 4.98 Å². The molecule has 0 saturated heterocycles. The minimum atomic E-state index is -0.914. The molecule has 4 rings (SSSR count). The Bertz CT molecular complexity index is 1180. The number of imidazole rings is 1. The topological polar surface area (TPSA) is 82.3 Å². The van der Waals surface area contributed by atoms with Crippen LogP contribution in [-0.2, 0) is 5.60 Å². The average molecular weight is 390 g/mol. The van der Waals surface area contributed by atoms with E-state index in [-0.39, 0.29) is 6.01 Å². The lowest BCUT2D eigenvalue weighted by molar-refractivity contribution is 0.0787. The van der Waals surface area contributed by atoms with Crippen molar-refractivity contribution in [3.8, 4) is 28.7 Å². The molecule has 0 aliphatic heterocycles. The Morgan fingerprint density at radius 3 is 2.55 bits per heavy atom. The SMILES string of the molecule is COc1ncc(-c2cccc(-n3cnc4cc(C(C)(C)O)ccc43)c2)c(OC)n1. The molecule has 4 aromatic rings. The van der Waals surface area contributed by atoms with Gasteiger partial charge in [0.15, 0.2) is 0 Å². The Morgan fingerprint density at radius 1 is 1.00 bits per heavy atom. The normalized spacial score (nSPS) is 11.6. The summed E-state index contributed by atoms with van der Waals surface area (Å²) in [6.45, 7) is 3.53. The van der Waals surface area contributed by atoms with Gasteiger partial charge in [0.2, 0.25) is 5.88 Å². The molecule has 2 aromatic carbocycles. The smallest absolute Gasteiger partial charge is 0.319 e. The molecule has 0 spiro atoms. The third-order valence-electron chi connectivity index (χ3n) is 4.80. The van der Waals surface area contributed by atoms with Crippen molar-refractivity contribution < 1.29 is 14.6 Å². The summed E-state index contributed by atoms with van der Waals surface area (Å²) in [5, 5.41) is 10.3. The molecule has 0 unspecified atom stereocenters. The highest BCUT2D eigenvalue weighted by atomic mass is 16.5. The number of hydrogen-bond donors (Lipinski definition) is 1. The quantitative estimate of drug-likeness (QED) is 0.559. The van der Waals surface area contributed by atoms with E-state index in [0.717, 1.165) is 33.4 Å². The molecule has 2 aromatic heterocycles. The number of benzene rings is 2. The molecule has 0 fully saturated rings. The van der Waals surface area contributed by atoms with Crippen molar-refractivity contribution in [3.63, 3.8) is 0 Å². The number of methoxy groups -OCH3 is 2. The van der Waals surface area contributed by atoms with Gasteiger partial charge in [-0.1, -0.05) is 18.2 Å². The zero-order valence-electron chi connectivity index (χ0n) is 16.7. The molecule has 0 aliphatic carbocycles. The molecular formula is C22H22N4O3. The van der Waals surface area contributed by atoms with Crippen molar-refractivity contribution in [2.45, 2.75) is 19.4 Å². The largest absolute Gasteiger partial charge is 0.480 e. The molecule has 0 aliphatic rings. The second-order valence-corrected chi connectivity index (χ2v) is 7.21. The number of aliphatic hydroxyl groups is 1. The summed E-state index contributed by atoms with van der Waals surface area (Å²) in [4.78, 5) is 13.0. The minimum Gasteiger partial charge on any atom is -0.480 e. The summed E-state index contributed by atoms with van der Waals surface area (Å²) in [5.74, 6) is 0.444. The van der Waals surface area contributed by atoms with Crippen molar-refractivity contribution in [1.82, 2.24) is 19.5 Å². The van der Waals surface area contributed by atoms with Gasteiger partial charge >= 0.3 is 6.01 Å². The monoisotopic (exact) mass is 390 g/mol. The van der Waals surface area contributed by atoms with Crippen LogP contribution in [-0.4, -0.2) is 38.8 Å². The van der Waals surface area contributed by atoms with Crippen molar-refractivity contribution in [1.29, 1.82) is 0 Å². The lowest BCUT2D eigenvalue weighted by atomic mass is 9.98. The van der Waals surface area contributed by atoms with E-state index in [1.807, 2.05) is 47.0 Å². The molecule has 0 atom stereocenters. The number of fused-ring (bicyclic) bond motifs is 1. The molecule has 0 amide bonds. The van der Waals surface area contributed by atoms with Crippen LogP contribution in [0.15, 0.2) is 55.0 Å². The van der Waals surface area contributed by atoms with E-state index >= 15 is 0 Å². The first-order chi connectivity index (χ1) is 13.9. The van der Waals surface area contributed by atoms with Crippen LogP contribution in [0.2, 0.25) is 0 Å². The van der Waals surface area contributed by atoms with Gasteiger partial charge in [-0.25, -0.2) is 9.97 Å². The summed E-state index contributed by atoms with van der Waals surface area (Å²) in [5.41, 5.74) is 4.31. The van der Waals surface area contributed by atoms with E-state index in [2.05, 4.69) is 15.0 Å². The van der Waals surface area contributed by atoms with Gasteiger partial charge < -0.3 is 14.6 Å². The number of nitrogens with zero attached hydrogens (tertiary/aromatic N) is 4. The Morgan fingerprint density at radius 2 is 1.83 bits per heavy atom. The predicted molar refractivity (Wildman–Crippen MR) is 110 cm³/mol. The molecule has 29 heavy (non-hydrogen) atoms. The lowest BCUT2D eigenvalue weighted by Crippen LogP contribution is -2.15. The minimum absolute atomic E-state index is 0.255. The van der Waals surface area contributed by atoms with Crippen LogP contribution in [0.25, 0.3) is 27.8 Å². The summed E-state index contributed by atoms with van der Waals surface area (Å²) in [7, 11) is 3.08. The fourth-order valence-corrected chi connectivity index (χ4v) is 3.23. The number of ether oxygens (including phenoxy) is 2. The van der Waals surface area contributed by atoms with Crippen LogP contribution in [0.5, 0.6) is 11.9 Å². The van der Waals surface area contributed by atoms with Crippen LogP contribution < -0.4 is 9.47 Å². The first-order valence-corrected chi connectivity index (χ1v) is 9.16. The molecule has 7 heteroatoms. The van der Waals surface area contributed by atoms with Crippen LogP contribution in [0.4, 0.5) is 0 Å². The fourth-order valence-electron chi connectivity index (χ4n) is 3.23. The molecule has 0 bridgehead atoms. The number of rotatable bonds is 5. The third-order valence-corrected chi connectivity index (χ3v) is 4.80. The van der Waals surface area contributed by atoms with E-state index in [0.29, 0.717) is 5.88 Å². The van der Waals surface area contributed by atoms with E-state index in [4.69, 9.17) is 9.47 Å². The van der Waals surface area contributed by atoms with E-state index in [1.165, 1.54) is 7.11 Å². The van der Waals surface area contributed by atoms with Gasteiger partial charge in [0.25, 0.3) is 0 Å². The zero-order valence-corrected chi connectivity index (χ0v) is 16.7.